The molecule has 0 amide bonds. The second-order valence-corrected chi connectivity index (χ2v) is 6.12. The highest BCUT2D eigenvalue weighted by Gasteiger charge is 2.23. The molecule has 0 heterocycles. The summed E-state index contributed by atoms with van der Waals surface area (Å²) in [5.74, 6) is -1.66. The van der Waals surface area contributed by atoms with Crippen LogP contribution in [0.2, 0.25) is 0 Å². The van der Waals surface area contributed by atoms with Gasteiger partial charge in [-0.2, -0.15) is 0 Å². The van der Waals surface area contributed by atoms with Gasteiger partial charge in [0.1, 0.15) is 17.2 Å². The first-order valence-electron chi connectivity index (χ1n) is 6.36. The zero-order valence-corrected chi connectivity index (χ0v) is 12.6. The quantitative estimate of drug-likeness (QED) is 0.356. The average molecular weight is 339 g/mol. The molecule has 0 aliphatic carbocycles. The van der Waals surface area contributed by atoms with Crippen LogP contribution in [0.15, 0.2) is 36.4 Å². The topological polar surface area (TPSA) is 147 Å². The number of hydrogen-bond donors (Lipinski definition) is 6. The predicted molar refractivity (Wildman–Crippen MR) is 81.6 cm³/mol. The van der Waals surface area contributed by atoms with Gasteiger partial charge in [-0.3, -0.25) is 9.88 Å². The molecular weight excluding hydrogens is 325 g/mol. The van der Waals surface area contributed by atoms with Gasteiger partial charge in [-0.25, -0.2) is 4.57 Å². The van der Waals surface area contributed by atoms with E-state index in [9.17, 15) is 24.7 Å². The Morgan fingerprint density at radius 2 is 1.61 bits per heavy atom. The number of ketones is 1. The average Bonchev–Trinajstić information content (AvgIpc) is 2.38. The summed E-state index contributed by atoms with van der Waals surface area (Å²) < 4.78 is 11.1. The Bertz CT molecular complexity index is 782. The van der Waals surface area contributed by atoms with Crippen LogP contribution in [0.25, 0.3) is 0 Å². The van der Waals surface area contributed by atoms with E-state index in [0.29, 0.717) is 5.56 Å². The van der Waals surface area contributed by atoms with Crippen molar-refractivity contribution in [2.45, 2.75) is 6.42 Å². The number of phenolic OH excluding ortho intramolecular Hbond substituents is 3. The number of carbonyl (C=O) groups excluding carboxylic acids is 1. The van der Waals surface area contributed by atoms with Crippen LogP contribution in [0.1, 0.15) is 15.9 Å². The van der Waals surface area contributed by atoms with Gasteiger partial charge < -0.3 is 25.1 Å². The number of phenols is 3. The third-order valence-electron chi connectivity index (χ3n) is 2.95. The van der Waals surface area contributed by atoms with Crippen LogP contribution in [-0.2, 0) is 11.0 Å². The fraction of sp³-hybridized carbons (Fsp3) is 0.0714. The normalized spacial score (nSPS) is 11.2. The fourth-order valence-electron chi connectivity index (χ4n) is 2.04. The van der Waals surface area contributed by atoms with Crippen molar-refractivity contribution < 1.29 is 34.5 Å². The molecule has 0 spiro atoms. The summed E-state index contributed by atoms with van der Waals surface area (Å²) in [6.45, 7) is 0. The molecule has 0 bridgehead atoms. The molecule has 2 aromatic rings. The van der Waals surface area contributed by atoms with Crippen molar-refractivity contribution in [2.75, 3.05) is 5.09 Å². The Balaban J connectivity index is 2.38. The number of aromatic hydroxyl groups is 3. The monoisotopic (exact) mass is 339 g/mol. The highest BCUT2D eigenvalue weighted by molar-refractivity contribution is 7.53. The minimum atomic E-state index is -4.74. The smallest absolute Gasteiger partial charge is 0.427 e. The van der Waals surface area contributed by atoms with Crippen LogP contribution in [0.5, 0.6) is 17.2 Å². The number of nitrogens with one attached hydrogen (secondary N) is 1. The zero-order chi connectivity index (χ0) is 17.2. The van der Waals surface area contributed by atoms with Gasteiger partial charge in [0, 0.05) is 18.6 Å². The van der Waals surface area contributed by atoms with Crippen LogP contribution < -0.4 is 5.09 Å². The molecule has 0 saturated heterocycles. The summed E-state index contributed by atoms with van der Waals surface area (Å²) in [6.07, 6.45) is -0.172. The highest BCUT2D eigenvalue weighted by atomic mass is 31.2. The molecule has 23 heavy (non-hydrogen) atoms. The maximum Gasteiger partial charge on any atom is 0.427 e. The number of Topliss-reactive ketones (excluding diaryl/α,β-unsaturated/α-hetero) is 1. The van der Waals surface area contributed by atoms with Crippen molar-refractivity contribution >= 4 is 19.2 Å². The molecule has 0 aliphatic heterocycles. The second kappa shape index (κ2) is 6.29. The summed E-state index contributed by atoms with van der Waals surface area (Å²) in [6, 6.07) is 7.60. The number of rotatable bonds is 5. The van der Waals surface area contributed by atoms with Gasteiger partial charge >= 0.3 is 7.75 Å². The van der Waals surface area contributed by atoms with Crippen molar-refractivity contribution in [1.82, 2.24) is 0 Å². The number of benzene rings is 2. The Kier molecular flexibility index (Phi) is 4.60. The van der Waals surface area contributed by atoms with Gasteiger partial charge in [-0.1, -0.05) is 12.1 Å². The Hall–Kier alpha value is -2.54. The molecule has 6 N–H and O–H groups in total. The minimum absolute atomic E-state index is 0.0255. The van der Waals surface area contributed by atoms with Crippen LogP contribution in [0.3, 0.4) is 0 Å². The third-order valence-corrected chi connectivity index (χ3v) is 3.48. The molecule has 2 aromatic carbocycles. The van der Waals surface area contributed by atoms with Crippen LogP contribution in [-0.4, -0.2) is 30.9 Å². The molecule has 2 rings (SSSR count). The lowest BCUT2D eigenvalue weighted by atomic mass is 10.0. The lowest BCUT2D eigenvalue weighted by Crippen LogP contribution is -2.08. The number of anilines is 1. The second-order valence-electron chi connectivity index (χ2n) is 4.81. The molecule has 0 aromatic heterocycles. The van der Waals surface area contributed by atoms with E-state index in [2.05, 4.69) is 0 Å². The molecule has 0 radical (unpaired) electrons. The van der Waals surface area contributed by atoms with Crippen molar-refractivity contribution in [3.8, 4) is 17.2 Å². The van der Waals surface area contributed by atoms with E-state index in [1.54, 1.807) is 5.09 Å². The lowest BCUT2D eigenvalue weighted by Gasteiger charge is -2.14. The third kappa shape index (κ3) is 4.46. The van der Waals surface area contributed by atoms with E-state index >= 15 is 0 Å². The van der Waals surface area contributed by atoms with Gasteiger partial charge in [0.05, 0.1) is 11.3 Å². The van der Waals surface area contributed by atoms with E-state index in [0.717, 1.165) is 12.1 Å². The van der Waals surface area contributed by atoms with E-state index < -0.39 is 25.0 Å². The first kappa shape index (κ1) is 16.8. The summed E-state index contributed by atoms with van der Waals surface area (Å²) in [7, 11) is -4.74. The molecular formula is C14H14NO7P. The fourth-order valence-corrected chi connectivity index (χ4v) is 2.53. The minimum Gasteiger partial charge on any atom is -0.508 e. The molecule has 8 nitrogen and oxygen atoms in total. The largest absolute Gasteiger partial charge is 0.508 e. The van der Waals surface area contributed by atoms with Gasteiger partial charge in [-0.05, 0) is 17.7 Å². The van der Waals surface area contributed by atoms with Crippen LogP contribution in [0.4, 0.5) is 5.69 Å². The summed E-state index contributed by atoms with van der Waals surface area (Å²) in [5, 5.41) is 30.3. The number of carbonyl (C=O) groups is 1. The van der Waals surface area contributed by atoms with E-state index in [4.69, 9.17) is 9.79 Å². The molecule has 0 fully saturated rings. The van der Waals surface area contributed by atoms with Gasteiger partial charge in [0.15, 0.2) is 5.78 Å². The standard InChI is InChI=1S/C14H14NO7P/c16-9-3-1-8(2-4-9)5-12(18)14-11(15-23(20,21)22)6-10(17)7-13(14)19/h1-4,6-7,16-17,19H,5H2,(H3,15,20,21,22). The molecule has 0 unspecified atom stereocenters. The Labute approximate surface area is 130 Å². The van der Waals surface area contributed by atoms with Crippen LogP contribution >= 0.6 is 7.75 Å². The zero-order valence-electron chi connectivity index (χ0n) is 11.7. The molecule has 0 aliphatic rings. The Morgan fingerprint density at radius 3 is 2.17 bits per heavy atom. The van der Waals surface area contributed by atoms with Crippen molar-refractivity contribution in [2.24, 2.45) is 0 Å². The van der Waals surface area contributed by atoms with Crippen LogP contribution in [0, 0.1) is 0 Å². The van der Waals surface area contributed by atoms with Gasteiger partial charge in [0.25, 0.3) is 0 Å². The maximum atomic E-state index is 12.3. The van der Waals surface area contributed by atoms with Crippen molar-refractivity contribution in [3.05, 3.63) is 47.5 Å². The molecule has 0 atom stereocenters. The summed E-state index contributed by atoms with van der Waals surface area (Å²) in [4.78, 5) is 30.3. The Morgan fingerprint density at radius 1 is 1.00 bits per heavy atom. The van der Waals surface area contributed by atoms with E-state index in [-0.39, 0.29) is 23.4 Å². The van der Waals surface area contributed by atoms with Gasteiger partial charge in [0.2, 0.25) is 0 Å². The van der Waals surface area contributed by atoms with E-state index in [1.165, 1.54) is 24.3 Å². The van der Waals surface area contributed by atoms with Crippen molar-refractivity contribution in [3.63, 3.8) is 0 Å². The molecule has 0 saturated carbocycles. The van der Waals surface area contributed by atoms with Gasteiger partial charge in [-0.15, -0.1) is 0 Å². The molecule has 9 heteroatoms. The molecule has 122 valence electrons. The van der Waals surface area contributed by atoms with Crippen molar-refractivity contribution in [1.29, 1.82) is 0 Å². The number of hydrogen-bond acceptors (Lipinski definition) is 5. The first-order valence-corrected chi connectivity index (χ1v) is 7.98. The lowest BCUT2D eigenvalue weighted by molar-refractivity contribution is 0.0991. The maximum absolute atomic E-state index is 12.3. The first-order chi connectivity index (χ1) is 10.7. The summed E-state index contributed by atoms with van der Waals surface area (Å²) >= 11 is 0. The SMILES string of the molecule is O=C(Cc1ccc(O)cc1)c1c(O)cc(O)cc1NP(=O)(O)O. The highest BCUT2D eigenvalue weighted by Crippen LogP contribution is 2.41. The van der Waals surface area contributed by atoms with E-state index in [1.807, 2.05) is 0 Å². The predicted octanol–water partition coefficient (Wildman–Crippen LogP) is 1.73. The summed E-state index contributed by atoms with van der Waals surface area (Å²) in [5.41, 5.74) is -0.193.